The number of hydrogen-bond acceptors (Lipinski definition) is 4. The number of carbonyl (C=O) groups excluding carboxylic acids is 2. The molecule has 7 heteroatoms. The third-order valence-corrected chi connectivity index (χ3v) is 5.23. The minimum atomic E-state index is -0.922. The molecule has 2 saturated heterocycles. The van der Waals surface area contributed by atoms with Crippen molar-refractivity contribution in [1.82, 2.24) is 9.80 Å². The molecule has 2 fully saturated rings. The molecule has 2 rings (SSSR count). The van der Waals surface area contributed by atoms with Crippen molar-refractivity contribution in [2.45, 2.75) is 38.6 Å². The molecular formula is C14H22N2O4S. The first-order chi connectivity index (χ1) is 10.0. The molecule has 1 N–H and O–H groups in total. The van der Waals surface area contributed by atoms with Gasteiger partial charge in [0.2, 0.25) is 5.91 Å². The number of piperidine rings is 1. The summed E-state index contributed by atoms with van der Waals surface area (Å²) in [7, 11) is 0. The number of nitrogens with zero attached hydrogens (tertiary/aromatic N) is 2. The van der Waals surface area contributed by atoms with Gasteiger partial charge in [0.1, 0.15) is 6.04 Å². The molecule has 2 aliphatic rings. The highest BCUT2D eigenvalue weighted by atomic mass is 32.2. The van der Waals surface area contributed by atoms with Crippen molar-refractivity contribution in [3.05, 3.63) is 0 Å². The number of likely N-dealkylation sites (tertiary alicyclic amines) is 1. The fourth-order valence-corrected chi connectivity index (χ4v) is 3.80. The molecule has 21 heavy (non-hydrogen) atoms. The van der Waals surface area contributed by atoms with E-state index in [0.717, 1.165) is 18.6 Å². The molecule has 0 spiro atoms. The molecule has 0 aromatic rings. The van der Waals surface area contributed by atoms with Crippen LogP contribution < -0.4 is 0 Å². The molecule has 0 aromatic heterocycles. The third-order valence-electron chi connectivity index (χ3n) is 4.33. The number of amides is 2. The molecule has 118 valence electrons. The van der Waals surface area contributed by atoms with Crippen molar-refractivity contribution in [2.75, 3.05) is 25.4 Å². The predicted molar refractivity (Wildman–Crippen MR) is 80.2 cm³/mol. The summed E-state index contributed by atoms with van der Waals surface area (Å²) < 4.78 is 0. The van der Waals surface area contributed by atoms with E-state index in [-0.39, 0.29) is 17.6 Å². The summed E-state index contributed by atoms with van der Waals surface area (Å²) in [4.78, 5) is 38.3. The standard InChI is InChI=1S/C14H22N2O4S/c1-2-10-3-6-16(11(9-10)13(18)19)12(17)4-5-15-7-8-21-14(15)20/h10-11H,2-9H2,1H3,(H,18,19). The Labute approximate surface area is 128 Å². The maximum atomic E-state index is 12.3. The maximum absolute atomic E-state index is 12.3. The number of rotatable bonds is 5. The Bertz CT molecular complexity index is 429. The SMILES string of the molecule is CCC1CCN(C(=O)CCN2CCSC2=O)C(C(=O)O)C1. The van der Waals surface area contributed by atoms with Crippen LogP contribution >= 0.6 is 11.8 Å². The molecule has 0 bridgehead atoms. The first-order valence-electron chi connectivity index (χ1n) is 7.47. The number of carbonyl (C=O) groups is 3. The molecule has 2 aliphatic heterocycles. The molecule has 2 heterocycles. The molecule has 0 aromatic carbocycles. The van der Waals surface area contributed by atoms with Gasteiger partial charge in [-0.05, 0) is 18.8 Å². The second kappa shape index (κ2) is 7.15. The second-order valence-corrected chi connectivity index (χ2v) is 6.64. The lowest BCUT2D eigenvalue weighted by atomic mass is 9.88. The fourth-order valence-electron chi connectivity index (χ4n) is 2.94. The van der Waals surface area contributed by atoms with Crippen LogP contribution in [0.4, 0.5) is 4.79 Å². The van der Waals surface area contributed by atoms with Crippen molar-refractivity contribution in [3.63, 3.8) is 0 Å². The van der Waals surface area contributed by atoms with Crippen molar-refractivity contribution < 1.29 is 19.5 Å². The molecular weight excluding hydrogens is 292 g/mol. The Hall–Kier alpha value is -1.24. The van der Waals surface area contributed by atoms with Crippen LogP contribution in [-0.2, 0) is 9.59 Å². The Kier molecular flexibility index (Phi) is 5.50. The highest BCUT2D eigenvalue weighted by Crippen LogP contribution is 2.26. The maximum Gasteiger partial charge on any atom is 0.326 e. The van der Waals surface area contributed by atoms with E-state index in [0.29, 0.717) is 32.0 Å². The van der Waals surface area contributed by atoms with E-state index in [4.69, 9.17) is 0 Å². The second-order valence-electron chi connectivity index (χ2n) is 5.59. The van der Waals surface area contributed by atoms with Crippen LogP contribution in [0.1, 0.15) is 32.6 Å². The van der Waals surface area contributed by atoms with Crippen LogP contribution in [0.15, 0.2) is 0 Å². The zero-order valence-electron chi connectivity index (χ0n) is 12.3. The summed E-state index contributed by atoms with van der Waals surface area (Å²) in [6, 6.07) is -0.708. The lowest BCUT2D eigenvalue weighted by molar-refractivity contribution is -0.153. The van der Waals surface area contributed by atoms with Gasteiger partial charge in [0, 0.05) is 31.8 Å². The Balaban J connectivity index is 1.90. The van der Waals surface area contributed by atoms with E-state index in [1.54, 1.807) is 4.90 Å². The van der Waals surface area contributed by atoms with E-state index in [2.05, 4.69) is 6.92 Å². The Morgan fingerprint density at radius 2 is 2.14 bits per heavy atom. The van der Waals surface area contributed by atoms with Gasteiger partial charge in [-0.3, -0.25) is 9.59 Å². The molecule has 0 aliphatic carbocycles. The quantitative estimate of drug-likeness (QED) is 0.835. The number of thioether (sulfide) groups is 1. The van der Waals surface area contributed by atoms with E-state index in [1.807, 2.05) is 0 Å². The average molecular weight is 314 g/mol. The van der Waals surface area contributed by atoms with Gasteiger partial charge in [0.25, 0.3) is 5.24 Å². The van der Waals surface area contributed by atoms with Crippen LogP contribution in [0.5, 0.6) is 0 Å². The monoisotopic (exact) mass is 314 g/mol. The summed E-state index contributed by atoms with van der Waals surface area (Å²) in [6.45, 7) is 3.64. The lowest BCUT2D eigenvalue weighted by Gasteiger charge is -2.37. The molecule has 6 nitrogen and oxygen atoms in total. The minimum Gasteiger partial charge on any atom is -0.480 e. The molecule has 2 atom stereocenters. The number of aliphatic carboxylic acids is 1. The van der Waals surface area contributed by atoms with Crippen LogP contribution in [-0.4, -0.2) is 63.5 Å². The summed E-state index contributed by atoms with van der Waals surface area (Å²) in [5.74, 6) is 0.0785. The van der Waals surface area contributed by atoms with Crippen LogP contribution in [0, 0.1) is 5.92 Å². The van der Waals surface area contributed by atoms with Crippen LogP contribution in [0.3, 0.4) is 0 Å². The zero-order valence-corrected chi connectivity index (χ0v) is 13.1. The van der Waals surface area contributed by atoms with Crippen molar-refractivity contribution in [3.8, 4) is 0 Å². The lowest BCUT2D eigenvalue weighted by Crippen LogP contribution is -2.50. The van der Waals surface area contributed by atoms with Gasteiger partial charge in [-0.1, -0.05) is 25.1 Å². The zero-order chi connectivity index (χ0) is 15.4. The van der Waals surface area contributed by atoms with Gasteiger partial charge in [-0.2, -0.15) is 0 Å². The fraction of sp³-hybridized carbons (Fsp3) is 0.786. The van der Waals surface area contributed by atoms with E-state index < -0.39 is 12.0 Å². The Morgan fingerprint density at radius 1 is 1.38 bits per heavy atom. The van der Waals surface area contributed by atoms with E-state index >= 15 is 0 Å². The van der Waals surface area contributed by atoms with Gasteiger partial charge in [-0.15, -0.1) is 0 Å². The van der Waals surface area contributed by atoms with Crippen LogP contribution in [0.2, 0.25) is 0 Å². The topological polar surface area (TPSA) is 77.9 Å². The normalized spacial score (nSPS) is 26.2. The van der Waals surface area contributed by atoms with Gasteiger partial charge in [-0.25, -0.2) is 4.79 Å². The molecule has 2 unspecified atom stereocenters. The summed E-state index contributed by atoms with van der Waals surface area (Å²) >= 11 is 1.27. The molecule has 2 amide bonds. The largest absolute Gasteiger partial charge is 0.480 e. The summed E-state index contributed by atoms with van der Waals surface area (Å²) in [6.07, 6.45) is 2.57. The highest BCUT2D eigenvalue weighted by Gasteiger charge is 2.35. The smallest absolute Gasteiger partial charge is 0.326 e. The first kappa shape index (κ1) is 16.1. The number of hydrogen-bond donors (Lipinski definition) is 1. The first-order valence-corrected chi connectivity index (χ1v) is 8.45. The van der Waals surface area contributed by atoms with Gasteiger partial charge >= 0.3 is 5.97 Å². The average Bonchev–Trinajstić information content (AvgIpc) is 2.89. The van der Waals surface area contributed by atoms with Crippen molar-refractivity contribution in [1.29, 1.82) is 0 Å². The number of carboxylic acids is 1. The van der Waals surface area contributed by atoms with Crippen molar-refractivity contribution in [2.24, 2.45) is 5.92 Å². The minimum absolute atomic E-state index is 0.0160. The highest BCUT2D eigenvalue weighted by molar-refractivity contribution is 8.13. The molecule has 0 radical (unpaired) electrons. The van der Waals surface area contributed by atoms with Crippen molar-refractivity contribution >= 4 is 28.9 Å². The van der Waals surface area contributed by atoms with E-state index in [9.17, 15) is 19.5 Å². The summed E-state index contributed by atoms with van der Waals surface area (Å²) in [5.41, 5.74) is 0. The van der Waals surface area contributed by atoms with Gasteiger partial charge in [0.05, 0.1) is 0 Å². The predicted octanol–water partition coefficient (Wildman–Crippen LogP) is 1.65. The Morgan fingerprint density at radius 3 is 2.71 bits per heavy atom. The van der Waals surface area contributed by atoms with Gasteiger partial charge in [0.15, 0.2) is 0 Å². The number of carboxylic acid groups (broad SMARTS) is 1. The summed E-state index contributed by atoms with van der Waals surface area (Å²) in [5, 5.41) is 9.35. The molecule has 0 saturated carbocycles. The van der Waals surface area contributed by atoms with Crippen LogP contribution in [0.25, 0.3) is 0 Å². The van der Waals surface area contributed by atoms with E-state index in [1.165, 1.54) is 16.7 Å². The van der Waals surface area contributed by atoms with Gasteiger partial charge < -0.3 is 14.9 Å². The third kappa shape index (κ3) is 3.90.